The molecule has 0 saturated heterocycles. The Hall–Kier alpha value is -6.16. The quantitative estimate of drug-likeness (QED) is 0.181. The topological polar surface area (TPSA) is 8.17 Å². The van der Waals surface area contributed by atoms with Crippen LogP contribution in [0.3, 0.4) is 0 Å². The lowest BCUT2D eigenvalue weighted by Crippen LogP contribution is -2.12. The Balaban J connectivity index is 1.21. The van der Waals surface area contributed by atoms with Gasteiger partial charge in [0.15, 0.2) is 0 Å². The normalized spacial score (nSPS) is 11.7. The minimum Gasteiger partial charge on any atom is -0.309 e. The van der Waals surface area contributed by atoms with E-state index in [9.17, 15) is 0 Å². The van der Waals surface area contributed by atoms with Crippen molar-refractivity contribution in [2.24, 2.45) is 0 Å². The number of nitrogens with zero attached hydrogens (tertiary/aromatic N) is 2. The second-order valence-corrected chi connectivity index (χ2v) is 13.6. The number of fused-ring (bicyclic) bond motifs is 7. The average Bonchev–Trinajstić information content (AvgIpc) is 3.72. The number of rotatable bonds is 5. The summed E-state index contributed by atoms with van der Waals surface area (Å²) in [5.74, 6) is 0. The highest BCUT2D eigenvalue weighted by Crippen LogP contribution is 2.47. The van der Waals surface area contributed by atoms with Gasteiger partial charge < -0.3 is 9.47 Å². The molecule has 2 heterocycles. The van der Waals surface area contributed by atoms with Crippen molar-refractivity contribution in [3.05, 3.63) is 182 Å². The average molecular weight is 643 g/mol. The predicted molar refractivity (Wildman–Crippen MR) is 211 cm³/mol. The first-order chi connectivity index (χ1) is 24.3. The Labute approximate surface area is 288 Å². The van der Waals surface area contributed by atoms with Crippen LogP contribution in [0.25, 0.3) is 69.6 Å². The third kappa shape index (κ3) is 4.40. The van der Waals surface area contributed by atoms with Gasteiger partial charge in [0.2, 0.25) is 0 Å². The van der Waals surface area contributed by atoms with E-state index in [1.54, 1.807) is 0 Å². The molecule has 49 heavy (non-hydrogen) atoms. The summed E-state index contributed by atoms with van der Waals surface area (Å²) < 4.78 is 5.00. The molecular weight excluding hydrogens is 613 g/mol. The van der Waals surface area contributed by atoms with Gasteiger partial charge in [-0.3, -0.25) is 0 Å². The highest BCUT2D eigenvalue weighted by Gasteiger charge is 2.21. The van der Waals surface area contributed by atoms with Gasteiger partial charge in [0.25, 0.3) is 0 Å². The summed E-state index contributed by atoms with van der Waals surface area (Å²) >= 11 is 1.87. The summed E-state index contributed by atoms with van der Waals surface area (Å²) in [7, 11) is 0. The Kier molecular flexibility index (Phi) is 6.39. The number of aromatic nitrogens is 1. The van der Waals surface area contributed by atoms with Crippen LogP contribution in [0.15, 0.2) is 182 Å². The molecule has 8 aromatic carbocycles. The fraction of sp³-hybridized carbons (Fsp3) is 0. The molecule has 3 heteroatoms. The van der Waals surface area contributed by atoms with E-state index in [2.05, 4.69) is 191 Å². The van der Waals surface area contributed by atoms with Crippen LogP contribution in [-0.2, 0) is 0 Å². The van der Waals surface area contributed by atoms with Crippen LogP contribution in [0, 0.1) is 0 Å². The van der Waals surface area contributed by atoms with Gasteiger partial charge in [0, 0.05) is 53.3 Å². The fourth-order valence-electron chi connectivity index (χ4n) is 7.66. The van der Waals surface area contributed by atoms with Gasteiger partial charge in [-0.25, -0.2) is 0 Å². The number of para-hydroxylation sites is 3. The van der Waals surface area contributed by atoms with Crippen LogP contribution in [0.2, 0.25) is 0 Å². The van der Waals surface area contributed by atoms with E-state index in [1.807, 2.05) is 11.3 Å². The number of thiophene rings is 1. The van der Waals surface area contributed by atoms with Crippen LogP contribution in [-0.4, -0.2) is 4.57 Å². The summed E-state index contributed by atoms with van der Waals surface area (Å²) in [5.41, 5.74) is 9.42. The van der Waals surface area contributed by atoms with Crippen molar-refractivity contribution in [1.82, 2.24) is 4.57 Å². The highest BCUT2D eigenvalue weighted by atomic mass is 32.1. The lowest BCUT2D eigenvalue weighted by Gasteiger charge is -2.29. The van der Waals surface area contributed by atoms with Crippen molar-refractivity contribution in [2.75, 3.05) is 4.90 Å². The van der Waals surface area contributed by atoms with Gasteiger partial charge in [-0.05, 0) is 71.6 Å². The monoisotopic (exact) mass is 642 g/mol. The van der Waals surface area contributed by atoms with Crippen LogP contribution in [0.1, 0.15) is 0 Å². The van der Waals surface area contributed by atoms with Crippen molar-refractivity contribution in [3.63, 3.8) is 0 Å². The van der Waals surface area contributed by atoms with Gasteiger partial charge >= 0.3 is 0 Å². The SMILES string of the molecule is c1ccc(N(c2ccc(-n3c4ccccc4c4ccccc43)cc2)c2cccc3ccccc23)c(-c2cccc3sc4ccccc4c23)c1. The smallest absolute Gasteiger partial charge is 0.0541 e. The predicted octanol–water partition coefficient (Wildman–Crippen LogP) is 13.4. The maximum Gasteiger partial charge on any atom is 0.0541 e. The Morgan fingerprint density at radius 2 is 0.939 bits per heavy atom. The summed E-state index contributed by atoms with van der Waals surface area (Å²) in [5, 5.41) is 7.59. The molecule has 0 aliphatic heterocycles. The molecule has 2 aromatic heterocycles. The molecule has 10 aromatic rings. The maximum absolute atomic E-state index is 2.45. The van der Waals surface area contributed by atoms with E-state index in [0.717, 1.165) is 22.7 Å². The largest absolute Gasteiger partial charge is 0.309 e. The second kappa shape index (κ2) is 11.2. The molecule has 0 N–H and O–H groups in total. The van der Waals surface area contributed by atoms with Crippen LogP contribution in [0.5, 0.6) is 0 Å². The fourth-order valence-corrected chi connectivity index (χ4v) is 8.79. The number of hydrogen-bond donors (Lipinski definition) is 0. The zero-order valence-electron chi connectivity index (χ0n) is 26.6. The van der Waals surface area contributed by atoms with Crippen LogP contribution in [0.4, 0.5) is 17.1 Å². The molecule has 10 rings (SSSR count). The van der Waals surface area contributed by atoms with Gasteiger partial charge in [-0.15, -0.1) is 11.3 Å². The molecule has 0 spiro atoms. The highest BCUT2D eigenvalue weighted by molar-refractivity contribution is 7.25. The van der Waals surface area contributed by atoms with Gasteiger partial charge in [-0.2, -0.15) is 0 Å². The Morgan fingerprint density at radius 1 is 0.388 bits per heavy atom. The first-order valence-corrected chi connectivity index (χ1v) is 17.5. The summed E-state index contributed by atoms with van der Waals surface area (Å²) in [4.78, 5) is 2.45. The van der Waals surface area contributed by atoms with E-state index in [4.69, 9.17) is 0 Å². The number of anilines is 3. The Bertz CT molecular complexity index is 2780. The Morgan fingerprint density at radius 3 is 1.73 bits per heavy atom. The van der Waals surface area contributed by atoms with Crippen molar-refractivity contribution < 1.29 is 0 Å². The third-order valence-electron chi connectivity index (χ3n) is 9.79. The van der Waals surface area contributed by atoms with Crippen molar-refractivity contribution >= 4 is 81.1 Å². The second-order valence-electron chi connectivity index (χ2n) is 12.5. The van der Waals surface area contributed by atoms with E-state index in [0.29, 0.717) is 0 Å². The molecule has 2 nitrogen and oxygen atoms in total. The standard InChI is InChI=1S/C46H30N2S/c1-2-15-34-31(13-1)14-11-24-40(34)47(32-27-29-33(30-28-32)48-41-21-7-3-16-35(41)36-17-4-8-22-42(36)48)43-23-9-5-18-37(43)38-20-12-26-45-46(38)39-19-6-10-25-44(39)49-45/h1-30H. The molecule has 0 radical (unpaired) electrons. The maximum atomic E-state index is 2.45. The van der Waals surface area contributed by atoms with Crippen molar-refractivity contribution in [2.45, 2.75) is 0 Å². The molecule has 0 fully saturated rings. The van der Waals surface area contributed by atoms with Crippen LogP contribution < -0.4 is 4.90 Å². The molecule has 0 unspecified atom stereocenters. The molecule has 0 atom stereocenters. The molecule has 0 bridgehead atoms. The van der Waals surface area contributed by atoms with Gasteiger partial charge in [0.1, 0.15) is 0 Å². The molecule has 230 valence electrons. The minimum atomic E-state index is 1.11. The van der Waals surface area contributed by atoms with E-state index in [1.165, 1.54) is 63.9 Å². The molecule has 0 amide bonds. The van der Waals surface area contributed by atoms with Gasteiger partial charge in [0.05, 0.1) is 22.4 Å². The summed E-state index contributed by atoms with van der Waals surface area (Å²) in [6.07, 6.45) is 0. The van der Waals surface area contributed by atoms with E-state index in [-0.39, 0.29) is 0 Å². The van der Waals surface area contributed by atoms with Crippen LogP contribution >= 0.6 is 11.3 Å². The molecule has 0 aliphatic rings. The lowest BCUT2D eigenvalue weighted by atomic mass is 9.96. The molecule has 0 aliphatic carbocycles. The molecule has 0 saturated carbocycles. The zero-order valence-corrected chi connectivity index (χ0v) is 27.4. The number of benzene rings is 8. The van der Waals surface area contributed by atoms with E-state index < -0.39 is 0 Å². The van der Waals surface area contributed by atoms with E-state index >= 15 is 0 Å². The van der Waals surface area contributed by atoms with Crippen molar-refractivity contribution in [3.8, 4) is 16.8 Å². The first kappa shape index (κ1) is 27.9. The summed E-state index contributed by atoms with van der Waals surface area (Å²) in [6.45, 7) is 0. The van der Waals surface area contributed by atoms with Gasteiger partial charge in [-0.1, -0.05) is 121 Å². The molecular formula is C46H30N2S. The zero-order chi connectivity index (χ0) is 32.3. The third-order valence-corrected chi connectivity index (χ3v) is 10.9. The lowest BCUT2D eigenvalue weighted by molar-refractivity contribution is 1.17. The first-order valence-electron chi connectivity index (χ1n) is 16.7. The minimum absolute atomic E-state index is 1.11. The summed E-state index contributed by atoms with van der Waals surface area (Å²) in [6, 6.07) is 66.2. The number of hydrogen-bond acceptors (Lipinski definition) is 2. The van der Waals surface area contributed by atoms with Crippen molar-refractivity contribution in [1.29, 1.82) is 0 Å².